The minimum Gasteiger partial charge on any atom is -0.496 e. The van der Waals surface area contributed by atoms with Crippen LogP contribution in [0.5, 0.6) is 5.75 Å². The molecule has 0 radical (unpaired) electrons. The number of nitrogens with zero attached hydrogens (tertiary/aromatic N) is 2. The normalized spacial score (nSPS) is 14.9. The van der Waals surface area contributed by atoms with Crippen molar-refractivity contribution >= 4 is 11.6 Å². The molecule has 0 N–H and O–H groups in total. The van der Waals surface area contributed by atoms with Gasteiger partial charge in [0.05, 0.1) is 17.6 Å². The number of nitro benzene ring substituents is 1. The Hall–Kier alpha value is -2.89. The average Bonchev–Trinajstić information content (AvgIpc) is 2.68. The molecule has 3 rings (SSSR count). The zero-order chi connectivity index (χ0) is 18.5. The van der Waals surface area contributed by atoms with Crippen molar-refractivity contribution in [1.82, 2.24) is 4.90 Å². The maximum absolute atomic E-state index is 12.8. The zero-order valence-electron chi connectivity index (χ0n) is 14.8. The average molecular weight is 354 g/mol. The van der Waals surface area contributed by atoms with Crippen molar-refractivity contribution in [2.24, 2.45) is 5.92 Å². The van der Waals surface area contributed by atoms with Gasteiger partial charge in [-0.25, -0.2) is 0 Å². The Morgan fingerprint density at radius 1 is 1.19 bits per heavy atom. The van der Waals surface area contributed by atoms with Crippen molar-refractivity contribution in [3.63, 3.8) is 0 Å². The van der Waals surface area contributed by atoms with Crippen LogP contribution in [-0.4, -0.2) is 35.9 Å². The third kappa shape index (κ3) is 4.02. The number of ether oxygens (including phenoxy) is 1. The van der Waals surface area contributed by atoms with E-state index in [1.807, 2.05) is 18.2 Å². The van der Waals surface area contributed by atoms with Crippen molar-refractivity contribution < 1.29 is 14.5 Å². The van der Waals surface area contributed by atoms with Gasteiger partial charge < -0.3 is 9.64 Å². The largest absolute Gasteiger partial charge is 0.496 e. The SMILES string of the molecule is COc1ccc([N+](=O)[O-])cc1C(=O)N1CCC(Cc2ccccc2)CC1. The van der Waals surface area contributed by atoms with E-state index >= 15 is 0 Å². The number of non-ortho nitro benzene ring substituents is 1. The molecule has 6 heteroatoms. The number of carbonyl (C=O) groups excluding carboxylic acids is 1. The second kappa shape index (κ2) is 7.99. The summed E-state index contributed by atoms with van der Waals surface area (Å²) in [6.45, 7) is 1.31. The van der Waals surface area contributed by atoms with Crippen LogP contribution in [0.1, 0.15) is 28.8 Å². The Bertz CT molecular complexity index is 784. The maximum atomic E-state index is 12.8. The van der Waals surface area contributed by atoms with Crippen LogP contribution in [0.2, 0.25) is 0 Å². The van der Waals surface area contributed by atoms with Crippen LogP contribution in [0.15, 0.2) is 48.5 Å². The van der Waals surface area contributed by atoms with Crippen LogP contribution >= 0.6 is 0 Å². The molecule has 0 aromatic heterocycles. The maximum Gasteiger partial charge on any atom is 0.270 e. The highest BCUT2D eigenvalue weighted by Gasteiger charge is 2.27. The van der Waals surface area contributed by atoms with Gasteiger partial charge in [-0.2, -0.15) is 0 Å². The lowest BCUT2D eigenvalue weighted by Gasteiger charge is -2.32. The van der Waals surface area contributed by atoms with Crippen LogP contribution in [0.25, 0.3) is 0 Å². The monoisotopic (exact) mass is 354 g/mol. The molecule has 1 heterocycles. The summed E-state index contributed by atoms with van der Waals surface area (Å²) in [5.41, 5.74) is 1.47. The molecule has 2 aromatic rings. The summed E-state index contributed by atoms with van der Waals surface area (Å²) < 4.78 is 5.22. The molecule has 26 heavy (non-hydrogen) atoms. The van der Waals surface area contributed by atoms with E-state index in [2.05, 4.69) is 12.1 Å². The molecular weight excluding hydrogens is 332 g/mol. The molecule has 0 saturated carbocycles. The number of nitro groups is 1. The van der Waals surface area contributed by atoms with E-state index in [-0.39, 0.29) is 17.2 Å². The first-order valence-corrected chi connectivity index (χ1v) is 8.74. The molecule has 0 bridgehead atoms. The molecule has 0 atom stereocenters. The summed E-state index contributed by atoms with van der Waals surface area (Å²) in [5.74, 6) is 0.712. The third-order valence-electron chi connectivity index (χ3n) is 4.89. The van der Waals surface area contributed by atoms with Gasteiger partial charge in [0.25, 0.3) is 11.6 Å². The van der Waals surface area contributed by atoms with E-state index < -0.39 is 4.92 Å². The van der Waals surface area contributed by atoms with E-state index in [0.29, 0.717) is 24.8 Å². The minimum absolute atomic E-state index is 0.104. The fourth-order valence-electron chi connectivity index (χ4n) is 3.43. The van der Waals surface area contributed by atoms with Crippen molar-refractivity contribution in [3.05, 3.63) is 69.8 Å². The number of amides is 1. The third-order valence-corrected chi connectivity index (χ3v) is 4.89. The Labute approximate surface area is 152 Å². The Morgan fingerprint density at radius 3 is 2.50 bits per heavy atom. The molecule has 0 spiro atoms. The summed E-state index contributed by atoms with van der Waals surface area (Å²) in [6.07, 6.45) is 2.87. The quantitative estimate of drug-likeness (QED) is 0.606. The van der Waals surface area contributed by atoms with Gasteiger partial charge in [-0.3, -0.25) is 14.9 Å². The van der Waals surface area contributed by atoms with Crippen molar-refractivity contribution in [3.8, 4) is 5.75 Å². The van der Waals surface area contributed by atoms with Gasteiger partial charge in [0.2, 0.25) is 0 Å². The molecule has 1 saturated heterocycles. The van der Waals surface area contributed by atoms with Crippen molar-refractivity contribution in [2.75, 3.05) is 20.2 Å². The molecule has 0 aliphatic carbocycles. The first-order chi connectivity index (χ1) is 12.6. The summed E-state index contributed by atoms with van der Waals surface area (Å²) in [7, 11) is 1.46. The lowest BCUT2D eigenvalue weighted by molar-refractivity contribution is -0.384. The number of likely N-dealkylation sites (tertiary alicyclic amines) is 1. The Morgan fingerprint density at radius 2 is 1.88 bits per heavy atom. The van der Waals surface area contributed by atoms with Gasteiger partial charge in [0.15, 0.2) is 0 Å². The predicted octanol–water partition coefficient (Wildman–Crippen LogP) is 3.70. The van der Waals surface area contributed by atoms with Crippen LogP contribution in [-0.2, 0) is 6.42 Å². The van der Waals surface area contributed by atoms with E-state index in [4.69, 9.17) is 4.74 Å². The Kier molecular flexibility index (Phi) is 5.51. The van der Waals surface area contributed by atoms with Gasteiger partial charge in [-0.1, -0.05) is 30.3 Å². The number of methoxy groups -OCH3 is 1. The number of carbonyl (C=O) groups is 1. The zero-order valence-corrected chi connectivity index (χ0v) is 14.8. The summed E-state index contributed by atoms with van der Waals surface area (Å²) in [6, 6.07) is 14.5. The van der Waals surface area contributed by atoms with E-state index in [0.717, 1.165) is 19.3 Å². The lowest BCUT2D eigenvalue weighted by Crippen LogP contribution is -2.39. The number of rotatable bonds is 5. The van der Waals surface area contributed by atoms with E-state index in [1.165, 1.54) is 30.9 Å². The molecule has 1 aliphatic rings. The fourth-order valence-corrected chi connectivity index (χ4v) is 3.43. The molecule has 0 unspecified atom stereocenters. The number of hydrogen-bond acceptors (Lipinski definition) is 4. The van der Waals surface area contributed by atoms with Crippen molar-refractivity contribution in [2.45, 2.75) is 19.3 Å². The molecule has 2 aromatic carbocycles. The first-order valence-electron chi connectivity index (χ1n) is 8.74. The van der Waals surface area contributed by atoms with E-state index in [9.17, 15) is 14.9 Å². The van der Waals surface area contributed by atoms with Gasteiger partial charge in [-0.15, -0.1) is 0 Å². The van der Waals surface area contributed by atoms with Crippen molar-refractivity contribution in [1.29, 1.82) is 0 Å². The number of piperidine rings is 1. The van der Waals surface area contributed by atoms with E-state index in [1.54, 1.807) is 4.90 Å². The predicted molar refractivity (Wildman–Crippen MR) is 98.4 cm³/mol. The smallest absolute Gasteiger partial charge is 0.270 e. The van der Waals surface area contributed by atoms with Crippen LogP contribution < -0.4 is 4.74 Å². The molecule has 136 valence electrons. The summed E-state index contributed by atoms with van der Waals surface area (Å²) in [4.78, 5) is 25.1. The second-order valence-electron chi connectivity index (χ2n) is 6.57. The highest BCUT2D eigenvalue weighted by molar-refractivity contribution is 5.97. The topological polar surface area (TPSA) is 72.7 Å². The lowest BCUT2D eigenvalue weighted by atomic mass is 9.90. The molecule has 1 fully saturated rings. The van der Waals surface area contributed by atoms with Gasteiger partial charge >= 0.3 is 0 Å². The molecular formula is C20H22N2O4. The first kappa shape index (κ1) is 17.9. The highest BCUT2D eigenvalue weighted by atomic mass is 16.6. The van der Waals surface area contributed by atoms with Crippen LogP contribution in [0, 0.1) is 16.0 Å². The fraction of sp³-hybridized carbons (Fsp3) is 0.350. The number of benzene rings is 2. The van der Waals surface area contributed by atoms with Crippen LogP contribution in [0.3, 0.4) is 0 Å². The second-order valence-corrected chi connectivity index (χ2v) is 6.57. The number of hydrogen-bond donors (Lipinski definition) is 0. The molecule has 1 amide bonds. The summed E-state index contributed by atoms with van der Waals surface area (Å²) >= 11 is 0. The van der Waals surface area contributed by atoms with Crippen LogP contribution in [0.4, 0.5) is 5.69 Å². The minimum atomic E-state index is -0.498. The highest BCUT2D eigenvalue weighted by Crippen LogP contribution is 2.28. The standard InChI is InChI=1S/C20H22N2O4/c1-26-19-8-7-17(22(24)25)14-18(19)20(23)21-11-9-16(10-12-21)13-15-5-3-2-4-6-15/h2-8,14,16H,9-13H2,1H3. The Balaban J connectivity index is 1.67. The van der Waals surface area contributed by atoms with Gasteiger partial charge in [0.1, 0.15) is 5.75 Å². The summed E-state index contributed by atoms with van der Waals surface area (Å²) in [5, 5.41) is 11.0. The van der Waals surface area contributed by atoms with Gasteiger partial charge in [-0.05, 0) is 36.8 Å². The molecule has 1 aliphatic heterocycles. The van der Waals surface area contributed by atoms with Gasteiger partial charge in [0, 0.05) is 25.2 Å². The molecule has 6 nitrogen and oxygen atoms in total.